The molecule has 2 fully saturated rings. The van der Waals surface area contributed by atoms with Gasteiger partial charge in [0.25, 0.3) is 18.6 Å². The van der Waals surface area contributed by atoms with E-state index >= 15 is 0 Å². The Morgan fingerprint density at radius 3 is 2.00 bits per heavy atom. The zero-order chi connectivity index (χ0) is 9.97. The zero-order valence-corrected chi connectivity index (χ0v) is 12.5. The lowest BCUT2D eigenvalue weighted by molar-refractivity contribution is 0.269. The first kappa shape index (κ1) is 11.0. The van der Waals surface area contributed by atoms with Gasteiger partial charge in [0.05, 0.1) is 0 Å². The van der Waals surface area contributed by atoms with Gasteiger partial charge in [-0.2, -0.15) is 0 Å². The quantitative estimate of drug-likeness (QED) is 0.655. The molecule has 2 aliphatic rings. The van der Waals surface area contributed by atoms with E-state index in [2.05, 4.69) is 13.1 Å². The van der Waals surface area contributed by atoms with Crippen molar-refractivity contribution in [2.75, 3.05) is 0 Å². The van der Waals surface area contributed by atoms with Crippen molar-refractivity contribution in [3.8, 4) is 0 Å². The summed E-state index contributed by atoms with van der Waals surface area (Å²) in [5.74, 6) is 0. The summed E-state index contributed by atoms with van der Waals surface area (Å²) in [4.78, 5) is 0. The maximum atomic E-state index is 5.96. The van der Waals surface area contributed by atoms with Crippen LogP contribution in [-0.4, -0.2) is 27.9 Å². The van der Waals surface area contributed by atoms with Crippen molar-refractivity contribution >= 4 is 27.9 Å². The van der Waals surface area contributed by atoms with Gasteiger partial charge in [0, 0.05) is 0 Å². The Morgan fingerprint density at radius 2 is 1.43 bits per heavy atom. The lowest BCUT2D eigenvalue weighted by atomic mass is 10.0. The first-order valence-corrected chi connectivity index (χ1v) is 11.5. The van der Waals surface area contributed by atoms with Gasteiger partial charge in [-0.25, -0.2) is 0 Å². The van der Waals surface area contributed by atoms with Crippen molar-refractivity contribution in [2.45, 2.75) is 50.7 Å². The minimum atomic E-state index is -1.32. The number of hydrogen-bond acceptors (Lipinski definition) is 3. The second kappa shape index (κ2) is 5.04. The van der Waals surface area contributed by atoms with Gasteiger partial charge >= 0.3 is 9.28 Å². The first-order valence-electron chi connectivity index (χ1n) is 5.72. The predicted octanol–water partition coefficient (Wildman–Crippen LogP) is 1.31. The van der Waals surface area contributed by atoms with Crippen LogP contribution >= 0.6 is 0 Å². The van der Waals surface area contributed by atoms with Gasteiger partial charge in [-0.15, -0.1) is 0 Å². The van der Waals surface area contributed by atoms with Crippen LogP contribution < -0.4 is 0 Å². The topological polar surface area (TPSA) is 27.7 Å². The van der Waals surface area contributed by atoms with Gasteiger partial charge in [-0.1, -0.05) is 19.3 Å². The van der Waals surface area contributed by atoms with Crippen LogP contribution in [0.4, 0.5) is 0 Å². The lowest BCUT2D eigenvalue weighted by Crippen LogP contribution is -2.48. The molecule has 0 radical (unpaired) electrons. The molecule has 0 amide bonds. The third-order valence-electron chi connectivity index (χ3n) is 3.07. The molecule has 3 nitrogen and oxygen atoms in total. The Labute approximate surface area is 91.3 Å². The fraction of sp³-hybridized carbons (Fsp3) is 1.00. The first-order chi connectivity index (χ1) is 6.75. The highest BCUT2D eigenvalue weighted by atomic mass is 28.5. The van der Waals surface area contributed by atoms with E-state index in [0.29, 0.717) is 0 Å². The summed E-state index contributed by atoms with van der Waals surface area (Å²) in [6, 6.07) is 0. The second-order valence-electron chi connectivity index (χ2n) is 4.31. The van der Waals surface area contributed by atoms with E-state index in [1.54, 1.807) is 0 Å². The summed E-state index contributed by atoms with van der Waals surface area (Å²) >= 11 is 0. The molecule has 1 saturated carbocycles. The van der Waals surface area contributed by atoms with Gasteiger partial charge in [-0.3, -0.25) is 0 Å². The van der Waals surface area contributed by atoms with Crippen LogP contribution in [0.3, 0.4) is 0 Å². The summed E-state index contributed by atoms with van der Waals surface area (Å²) in [7, 11) is -3.89. The molecule has 0 bridgehead atoms. The number of hydrogen-bond donors (Lipinski definition) is 0. The fourth-order valence-corrected chi connectivity index (χ4v) is 12.8. The maximum absolute atomic E-state index is 5.96. The Hall–Kier alpha value is 0.531. The molecule has 82 valence electrons. The summed E-state index contributed by atoms with van der Waals surface area (Å²) in [6.45, 7) is 4.30. The Kier molecular flexibility index (Phi) is 3.97. The van der Waals surface area contributed by atoms with E-state index in [9.17, 15) is 0 Å². The maximum Gasteiger partial charge on any atom is 0.306 e. The van der Waals surface area contributed by atoms with E-state index in [4.69, 9.17) is 12.3 Å². The van der Waals surface area contributed by atoms with Crippen LogP contribution in [0.15, 0.2) is 0 Å². The van der Waals surface area contributed by atoms with E-state index in [1.807, 2.05) is 0 Å². The molecule has 14 heavy (non-hydrogen) atoms. The molecule has 1 aliphatic heterocycles. The van der Waals surface area contributed by atoms with Crippen LogP contribution in [0, 0.1) is 0 Å². The molecule has 2 atom stereocenters. The van der Waals surface area contributed by atoms with E-state index in [0.717, 1.165) is 5.54 Å². The molecular weight excluding hydrogens is 228 g/mol. The van der Waals surface area contributed by atoms with Gasteiger partial charge in [0.15, 0.2) is 0 Å². The van der Waals surface area contributed by atoms with Crippen LogP contribution in [0.5, 0.6) is 0 Å². The molecule has 0 aromatic rings. The van der Waals surface area contributed by atoms with E-state index < -0.39 is 27.9 Å². The Morgan fingerprint density at radius 1 is 0.857 bits per heavy atom. The van der Waals surface area contributed by atoms with Crippen molar-refractivity contribution in [3.63, 3.8) is 0 Å². The zero-order valence-electron chi connectivity index (χ0n) is 9.07. The highest BCUT2D eigenvalue weighted by Gasteiger charge is 2.35. The average molecular weight is 249 g/mol. The molecule has 0 spiro atoms. The summed E-state index contributed by atoms with van der Waals surface area (Å²) in [5, 5.41) is 0. The molecule has 0 N–H and O–H groups in total. The monoisotopic (exact) mass is 248 g/mol. The van der Waals surface area contributed by atoms with Crippen molar-refractivity contribution in [1.82, 2.24) is 0 Å². The molecule has 2 rings (SSSR count). The van der Waals surface area contributed by atoms with E-state index in [-0.39, 0.29) is 0 Å². The highest BCUT2D eigenvalue weighted by molar-refractivity contribution is 6.73. The Bertz CT molecular complexity index is 177. The third kappa shape index (κ3) is 2.77. The minimum absolute atomic E-state index is 0.789. The summed E-state index contributed by atoms with van der Waals surface area (Å²) in [5.41, 5.74) is 0.789. The highest BCUT2D eigenvalue weighted by Crippen LogP contribution is 2.33. The van der Waals surface area contributed by atoms with Crippen LogP contribution in [0.25, 0.3) is 0 Å². The van der Waals surface area contributed by atoms with Crippen molar-refractivity contribution in [1.29, 1.82) is 0 Å². The van der Waals surface area contributed by atoms with Crippen LogP contribution in [-0.2, 0) is 12.3 Å². The van der Waals surface area contributed by atoms with E-state index in [1.165, 1.54) is 32.1 Å². The molecule has 6 heteroatoms. The lowest BCUT2D eigenvalue weighted by Gasteiger charge is -2.36. The fourth-order valence-electron chi connectivity index (χ4n) is 2.37. The van der Waals surface area contributed by atoms with Gasteiger partial charge in [0.2, 0.25) is 0 Å². The minimum Gasteiger partial charge on any atom is -0.420 e. The molecular formula is C8H20O3Si3. The molecule has 0 aromatic carbocycles. The number of rotatable bonds is 1. The molecule has 1 aliphatic carbocycles. The van der Waals surface area contributed by atoms with Crippen LogP contribution in [0.2, 0.25) is 18.6 Å². The van der Waals surface area contributed by atoms with Gasteiger partial charge in [0.1, 0.15) is 0 Å². The van der Waals surface area contributed by atoms with Crippen molar-refractivity contribution < 1.29 is 12.3 Å². The molecule has 2 unspecified atom stereocenters. The summed E-state index contributed by atoms with van der Waals surface area (Å²) < 4.78 is 17.6. The second-order valence-corrected chi connectivity index (χ2v) is 11.5. The normalized spacial score (nSPS) is 41.1. The SMILES string of the molecule is C[SiH]1O[SiH](C)O[SiH](C2CCCCC2)O1. The smallest absolute Gasteiger partial charge is 0.306 e. The molecule has 0 aromatic heterocycles. The van der Waals surface area contributed by atoms with Crippen molar-refractivity contribution in [2.24, 2.45) is 0 Å². The standard InChI is InChI=1S/C8H20O3Si3/c1-12-9-13(2)11-14(10-12)8-6-4-3-5-7-8/h8,12-14H,3-7H2,1-2H3. The third-order valence-corrected chi connectivity index (χ3v) is 12.8. The largest absolute Gasteiger partial charge is 0.420 e. The Balaban J connectivity index is 1.88. The molecule has 1 heterocycles. The van der Waals surface area contributed by atoms with Crippen LogP contribution in [0.1, 0.15) is 32.1 Å². The summed E-state index contributed by atoms with van der Waals surface area (Å²) in [6.07, 6.45) is 6.87. The average Bonchev–Trinajstić information content (AvgIpc) is 2.18. The molecule has 1 saturated heterocycles. The van der Waals surface area contributed by atoms with Crippen molar-refractivity contribution in [3.05, 3.63) is 0 Å². The predicted molar refractivity (Wildman–Crippen MR) is 63.3 cm³/mol. The van der Waals surface area contributed by atoms with Gasteiger partial charge in [-0.05, 0) is 31.5 Å². The van der Waals surface area contributed by atoms with Gasteiger partial charge < -0.3 is 12.3 Å².